The predicted molar refractivity (Wildman–Crippen MR) is 121 cm³/mol. The Morgan fingerprint density at radius 2 is 1.72 bits per heavy atom. The van der Waals surface area contributed by atoms with E-state index in [1.807, 2.05) is 57.2 Å². The fraction of sp³-hybridized carbons (Fsp3) is 0.391. The van der Waals surface area contributed by atoms with Gasteiger partial charge in [0, 0.05) is 23.0 Å². The standard InChI is InChI=1S/C23H29ClN2O2S/c1-4-14-25-23(28)21(5-2)26(15-18-8-10-19(24)11-9-18)22(27)16-29-20-12-6-17(3)7-13-20/h6-13,21H,4-5,14-16H2,1-3H3,(H,25,28)/t21-/m1/s1. The molecule has 0 aromatic heterocycles. The second kappa shape index (κ2) is 11.9. The molecular formula is C23H29ClN2O2S. The number of thioether (sulfide) groups is 1. The highest BCUT2D eigenvalue weighted by molar-refractivity contribution is 8.00. The summed E-state index contributed by atoms with van der Waals surface area (Å²) in [6.07, 6.45) is 1.42. The molecule has 156 valence electrons. The molecule has 1 N–H and O–H groups in total. The summed E-state index contributed by atoms with van der Waals surface area (Å²) in [4.78, 5) is 28.6. The van der Waals surface area contributed by atoms with E-state index in [1.54, 1.807) is 17.0 Å². The summed E-state index contributed by atoms with van der Waals surface area (Å²) in [6, 6.07) is 15.0. The molecule has 0 fully saturated rings. The van der Waals surface area contributed by atoms with Crippen molar-refractivity contribution in [1.82, 2.24) is 10.2 Å². The molecule has 2 aromatic carbocycles. The van der Waals surface area contributed by atoms with Crippen molar-refractivity contribution >= 4 is 35.2 Å². The van der Waals surface area contributed by atoms with Crippen LogP contribution in [0.5, 0.6) is 0 Å². The quantitative estimate of drug-likeness (QED) is 0.533. The summed E-state index contributed by atoms with van der Waals surface area (Å²) in [5.74, 6) is 0.134. The molecule has 6 heteroatoms. The number of carbonyl (C=O) groups excluding carboxylic acids is 2. The van der Waals surface area contributed by atoms with Crippen molar-refractivity contribution in [3.8, 4) is 0 Å². The number of benzene rings is 2. The van der Waals surface area contributed by atoms with Crippen LogP contribution in [0.25, 0.3) is 0 Å². The van der Waals surface area contributed by atoms with Crippen molar-refractivity contribution in [3.63, 3.8) is 0 Å². The average molecular weight is 433 g/mol. The molecule has 1 atom stereocenters. The molecule has 4 nitrogen and oxygen atoms in total. The lowest BCUT2D eigenvalue weighted by molar-refractivity contribution is -0.139. The van der Waals surface area contributed by atoms with Crippen LogP contribution in [0.3, 0.4) is 0 Å². The molecule has 0 aliphatic rings. The van der Waals surface area contributed by atoms with Gasteiger partial charge in [0.15, 0.2) is 0 Å². The lowest BCUT2D eigenvalue weighted by Gasteiger charge is -2.30. The van der Waals surface area contributed by atoms with Crippen molar-refractivity contribution in [2.45, 2.75) is 51.1 Å². The minimum absolute atomic E-state index is 0.0518. The SMILES string of the molecule is CCCNC(=O)[C@@H](CC)N(Cc1ccc(Cl)cc1)C(=O)CSc1ccc(C)cc1. The first-order valence-electron chi connectivity index (χ1n) is 9.95. The van der Waals surface area contributed by atoms with E-state index < -0.39 is 6.04 Å². The number of nitrogens with zero attached hydrogens (tertiary/aromatic N) is 1. The van der Waals surface area contributed by atoms with Crippen LogP contribution < -0.4 is 5.32 Å². The number of amides is 2. The van der Waals surface area contributed by atoms with Gasteiger partial charge in [0.05, 0.1) is 5.75 Å². The van der Waals surface area contributed by atoms with Gasteiger partial charge in [-0.15, -0.1) is 11.8 Å². The van der Waals surface area contributed by atoms with E-state index in [9.17, 15) is 9.59 Å². The minimum Gasteiger partial charge on any atom is -0.354 e. The Labute approximate surface area is 183 Å². The van der Waals surface area contributed by atoms with E-state index in [4.69, 9.17) is 11.6 Å². The summed E-state index contributed by atoms with van der Waals surface area (Å²) in [5, 5.41) is 3.58. The third-order valence-corrected chi connectivity index (χ3v) is 5.83. The zero-order chi connectivity index (χ0) is 21.2. The van der Waals surface area contributed by atoms with Crippen LogP contribution in [0.15, 0.2) is 53.4 Å². The number of rotatable bonds is 10. The molecule has 0 saturated heterocycles. The van der Waals surface area contributed by atoms with Crippen molar-refractivity contribution in [2.75, 3.05) is 12.3 Å². The van der Waals surface area contributed by atoms with Gasteiger partial charge in [-0.25, -0.2) is 0 Å². The Bertz CT molecular complexity index is 794. The van der Waals surface area contributed by atoms with E-state index in [-0.39, 0.29) is 17.6 Å². The van der Waals surface area contributed by atoms with Crippen LogP contribution in [0.4, 0.5) is 0 Å². The van der Waals surface area contributed by atoms with Crippen LogP contribution in [-0.2, 0) is 16.1 Å². The Morgan fingerprint density at radius 1 is 1.07 bits per heavy atom. The number of nitrogens with one attached hydrogen (secondary N) is 1. The first-order chi connectivity index (χ1) is 13.9. The van der Waals surface area contributed by atoms with Crippen LogP contribution in [0.2, 0.25) is 5.02 Å². The molecule has 0 unspecified atom stereocenters. The van der Waals surface area contributed by atoms with Gasteiger partial charge in [0.1, 0.15) is 6.04 Å². The monoisotopic (exact) mass is 432 g/mol. The second-order valence-electron chi connectivity index (χ2n) is 6.96. The summed E-state index contributed by atoms with van der Waals surface area (Å²) >= 11 is 7.48. The summed E-state index contributed by atoms with van der Waals surface area (Å²) in [5.41, 5.74) is 2.13. The lowest BCUT2D eigenvalue weighted by Crippen LogP contribution is -2.49. The van der Waals surface area contributed by atoms with Gasteiger partial charge in [-0.3, -0.25) is 9.59 Å². The Hall–Kier alpha value is -1.98. The molecule has 2 amide bonds. The smallest absolute Gasteiger partial charge is 0.242 e. The average Bonchev–Trinajstić information content (AvgIpc) is 2.72. The maximum absolute atomic E-state index is 13.1. The maximum atomic E-state index is 13.1. The van der Waals surface area contributed by atoms with E-state index >= 15 is 0 Å². The Morgan fingerprint density at radius 3 is 2.31 bits per heavy atom. The number of hydrogen-bond acceptors (Lipinski definition) is 3. The van der Waals surface area contributed by atoms with Gasteiger partial charge < -0.3 is 10.2 Å². The molecule has 0 heterocycles. The molecule has 2 aromatic rings. The third kappa shape index (κ3) is 7.41. The minimum atomic E-state index is -0.497. The van der Waals surface area contributed by atoms with Crippen LogP contribution in [-0.4, -0.2) is 35.1 Å². The molecule has 2 rings (SSSR count). The van der Waals surface area contributed by atoms with E-state index in [1.165, 1.54) is 17.3 Å². The molecule has 0 saturated carbocycles. The molecule has 0 aliphatic heterocycles. The fourth-order valence-corrected chi connectivity index (χ4v) is 3.84. The molecule has 29 heavy (non-hydrogen) atoms. The Balaban J connectivity index is 2.16. The first-order valence-corrected chi connectivity index (χ1v) is 11.3. The Kier molecular flexibility index (Phi) is 9.55. The maximum Gasteiger partial charge on any atom is 0.242 e. The molecular weight excluding hydrogens is 404 g/mol. The highest BCUT2D eigenvalue weighted by Gasteiger charge is 2.28. The van der Waals surface area contributed by atoms with Gasteiger partial charge in [-0.2, -0.15) is 0 Å². The van der Waals surface area contributed by atoms with Crippen LogP contribution in [0, 0.1) is 6.92 Å². The second-order valence-corrected chi connectivity index (χ2v) is 8.45. The number of hydrogen-bond donors (Lipinski definition) is 1. The van der Waals surface area contributed by atoms with Gasteiger partial charge in [0.2, 0.25) is 11.8 Å². The van der Waals surface area contributed by atoms with Gasteiger partial charge in [-0.1, -0.05) is 55.3 Å². The molecule has 0 aliphatic carbocycles. The topological polar surface area (TPSA) is 49.4 Å². The van der Waals surface area contributed by atoms with Gasteiger partial charge in [-0.05, 0) is 49.6 Å². The molecule has 0 radical (unpaired) electrons. The van der Waals surface area contributed by atoms with E-state index in [0.717, 1.165) is 16.9 Å². The highest BCUT2D eigenvalue weighted by Crippen LogP contribution is 2.21. The summed E-state index contributed by atoms with van der Waals surface area (Å²) in [7, 11) is 0. The highest BCUT2D eigenvalue weighted by atomic mass is 35.5. The largest absolute Gasteiger partial charge is 0.354 e. The van der Waals surface area contributed by atoms with Crippen molar-refractivity contribution in [3.05, 3.63) is 64.7 Å². The molecule has 0 bridgehead atoms. The fourth-order valence-electron chi connectivity index (χ4n) is 2.93. The zero-order valence-corrected chi connectivity index (χ0v) is 18.9. The lowest BCUT2D eigenvalue weighted by atomic mass is 10.1. The number of carbonyl (C=O) groups is 2. The van der Waals surface area contributed by atoms with Gasteiger partial charge in [0.25, 0.3) is 0 Å². The summed E-state index contributed by atoms with van der Waals surface area (Å²) in [6.45, 7) is 6.97. The number of halogens is 1. The first kappa shape index (κ1) is 23.3. The summed E-state index contributed by atoms with van der Waals surface area (Å²) < 4.78 is 0. The van der Waals surface area contributed by atoms with Gasteiger partial charge >= 0.3 is 0 Å². The van der Waals surface area contributed by atoms with Crippen LogP contribution in [0.1, 0.15) is 37.8 Å². The van der Waals surface area contributed by atoms with Crippen molar-refractivity contribution in [2.24, 2.45) is 0 Å². The van der Waals surface area contributed by atoms with Crippen molar-refractivity contribution in [1.29, 1.82) is 0 Å². The van der Waals surface area contributed by atoms with Crippen LogP contribution >= 0.6 is 23.4 Å². The van der Waals surface area contributed by atoms with Crippen molar-refractivity contribution < 1.29 is 9.59 Å². The molecule has 0 spiro atoms. The van der Waals surface area contributed by atoms with E-state index in [0.29, 0.717) is 24.5 Å². The zero-order valence-electron chi connectivity index (χ0n) is 17.3. The normalized spacial score (nSPS) is 11.7. The number of aryl methyl sites for hydroxylation is 1. The van der Waals surface area contributed by atoms with E-state index in [2.05, 4.69) is 5.32 Å². The third-order valence-electron chi connectivity index (χ3n) is 4.58. The predicted octanol–water partition coefficient (Wildman–Crippen LogP) is 5.07.